The number of nitrogens with zero attached hydrogens (tertiary/aromatic N) is 4. The summed E-state index contributed by atoms with van der Waals surface area (Å²) in [5.41, 5.74) is 0.710. The van der Waals surface area contributed by atoms with Crippen molar-refractivity contribution in [2.75, 3.05) is 6.61 Å². The lowest BCUT2D eigenvalue weighted by Gasteiger charge is -2.31. The molecule has 7 nitrogen and oxygen atoms in total. The molecule has 0 radical (unpaired) electrons. The fraction of sp³-hybridized carbons (Fsp3) is 0.750. The Kier molecular flexibility index (Phi) is 3.31. The van der Waals surface area contributed by atoms with Crippen molar-refractivity contribution in [1.29, 1.82) is 0 Å². The summed E-state index contributed by atoms with van der Waals surface area (Å²) in [7, 11) is 0. The van der Waals surface area contributed by atoms with Crippen LogP contribution in [-0.4, -0.2) is 76.3 Å². The lowest BCUT2D eigenvalue weighted by molar-refractivity contribution is -0.0429. The molecule has 1 fully saturated rings. The minimum atomic E-state index is -1.58. The molecule has 0 aliphatic carbocycles. The van der Waals surface area contributed by atoms with Gasteiger partial charge >= 0.3 is 0 Å². The lowest BCUT2D eigenvalue weighted by Crippen LogP contribution is -2.50. The Morgan fingerprint density at radius 3 is 2.90 bits per heavy atom. The van der Waals surface area contributed by atoms with Crippen molar-refractivity contribution >= 4 is 17.9 Å². The Labute approximate surface area is 115 Å². The van der Waals surface area contributed by atoms with Gasteiger partial charge in [0.1, 0.15) is 30.7 Å². The SMILES string of the molecule is CC1=NC=NN2C1=NC(C)C2[C@@H]1O[C@H](CO)[C@@H](O)[C@H]1F. The first-order chi connectivity index (χ1) is 9.54. The summed E-state index contributed by atoms with van der Waals surface area (Å²) in [5.74, 6) is 0.600. The van der Waals surface area contributed by atoms with Crippen molar-refractivity contribution in [3.05, 3.63) is 0 Å². The Balaban J connectivity index is 1.86. The minimum Gasteiger partial charge on any atom is -0.394 e. The summed E-state index contributed by atoms with van der Waals surface area (Å²) in [6.07, 6.45) is -3.31. The molecule has 0 saturated carbocycles. The second kappa shape index (κ2) is 4.87. The van der Waals surface area contributed by atoms with Crippen LogP contribution in [-0.2, 0) is 4.74 Å². The molecule has 2 unspecified atom stereocenters. The number of aliphatic imine (C=N–C) groups is 2. The average molecular weight is 284 g/mol. The molecule has 0 bridgehead atoms. The van der Waals surface area contributed by atoms with E-state index in [1.54, 1.807) is 11.9 Å². The molecule has 1 saturated heterocycles. The number of amidine groups is 1. The van der Waals surface area contributed by atoms with Gasteiger partial charge in [-0.15, -0.1) is 0 Å². The van der Waals surface area contributed by atoms with Gasteiger partial charge in [0.15, 0.2) is 12.0 Å². The molecule has 3 rings (SSSR count). The lowest BCUT2D eigenvalue weighted by atomic mass is 9.99. The number of rotatable bonds is 2. The van der Waals surface area contributed by atoms with Crippen molar-refractivity contribution in [3.8, 4) is 0 Å². The van der Waals surface area contributed by atoms with Crippen molar-refractivity contribution in [2.45, 2.75) is 50.4 Å². The number of halogens is 1. The van der Waals surface area contributed by atoms with Crippen LogP contribution in [0.2, 0.25) is 0 Å². The molecule has 20 heavy (non-hydrogen) atoms. The molecule has 0 aromatic heterocycles. The number of ether oxygens (including phenoxy) is 1. The summed E-state index contributed by atoms with van der Waals surface area (Å²) in [5, 5.41) is 24.6. The number of hydrogen-bond acceptors (Lipinski definition) is 7. The molecule has 0 aromatic carbocycles. The highest BCUT2D eigenvalue weighted by atomic mass is 19.1. The van der Waals surface area contributed by atoms with Gasteiger partial charge in [-0.3, -0.25) is 4.99 Å². The number of hydrazone groups is 1. The number of hydrogen-bond donors (Lipinski definition) is 2. The van der Waals surface area contributed by atoms with Crippen LogP contribution in [0.5, 0.6) is 0 Å². The summed E-state index contributed by atoms with van der Waals surface area (Å²) in [6.45, 7) is 3.23. The molecule has 0 amide bonds. The Morgan fingerprint density at radius 2 is 2.25 bits per heavy atom. The van der Waals surface area contributed by atoms with Gasteiger partial charge in [0.2, 0.25) is 0 Å². The third-order valence-electron chi connectivity index (χ3n) is 3.94. The molecule has 3 aliphatic rings. The van der Waals surface area contributed by atoms with E-state index in [0.717, 1.165) is 0 Å². The van der Waals surface area contributed by atoms with Gasteiger partial charge in [-0.2, -0.15) is 5.10 Å². The first-order valence-electron chi connectivity index (χ1n) is 6.57. The topological polar surface area (TPSA) is 90.0 Å². The van der Waals surface area contributed by atoms with Gasteiger partial charge in [-0.25, -0.2) is 14.4 Å². The smallest absolute Gasteiger partial charge is 0.166 e. The molecule has 2 N–H and O–H groups in total. The Morgan fingerprint density at radius 1 is 1.50 bits per heavy atom. The van der Waals surface area contributed by atoms with Crippen molar-refractivity contribution < 1.29 is 19.3 Å². The molecule has 3 aliphatic heterocycles. The molecule has 110 valence electrons. The standard InChI is InChI=1S/C12H17FN4O3/c1-5-9(11-8(13)10(19)7(3-18)20-11)17-12(16-5)6(2)14-4-15-17/h4-5,7-11,18-19H,3H2,1-2H3/t5?,7-,8-,9?,10-,11-/m1/s1. The van der Waals surface area contributed by atoms with Crippen LogP contribution in [0.4, 0.5) is 4.39 Å². The average Bonchev–Trinajstić information content (AvgIpc) is 2.90. The van der Waals surface area contributed by atoms with E-state index < -0.39 is 37.1 Å². The third-order valence-corrected chi connectivity index (χ3v) is 3.94. The zero-order chi connectivity index (χ0) is 14.4. The van der Waals surface area contributed by atoms with Gasteiger partial charge in [-0.05, 0) is 13.8 Å². The normalized spacial score (nSPS) is 43.5. The third kappa shape index (κ3) is 1.87. The predicted molar refractivity (Wildman–Crippen MR) is 70.8 cm³/mol. The highest BCUT2D eigenvalue weighted by molar-refractivity contribution is 6.42. The molecule has 6 atom stereocenters. The fourth-order valence-corrected chi connectivity index (χ4v) is 2.88. The number of aliphatic hydroxyl groups excluding tert-OH is 2. The second-order valence-electron chi connectivity index (χ2n) is 5.23. The van der Waals surface area contributed by atoms with E-state index in [4.69, 9.17) is 9.84 Å². The Hall–Kier alpha value is -1.38. The van der Waals surface area contributed by atoms with Crippen LogP contribution >= 0.6 is 0 Å². The van der Waals surface area contributed by atoms with E-state index in [1.165, 1.54) is 6.34 Å². The molecule has 3 heterocycles. The summed E-state index contributed by atoms with van der Waals surface area (Å²) >= 11 is 0. The minimum absolute atomic E-state index is 0.238. The maximum Gasteiger partial charge on any atom is 0.166 e. The van der Waals surface area contributed by atoms with Crippen LogP contribution in [0.15, 0.2) is 15.1 Å². The van der Waals surface area contributed by atoms with Crippen LogP contribution < -0.4 is 0 Å². The fourth-order valence-electron chi connectivity index (χ4n) is 2.88. The molecule has 8 heteroatoms. The second-order valence-corrected chi connectivity index (χ2v) is 5.23. The van der Waals surface area contributed by atoms with E-state index in [9.17, 15) is 9.50 Å². The molecule has 0 aromatic rings. The van der Waals surface area contributed by atoms with Crippen LogP contribution in [0.3, 0.4) is 0 Å². The Bertz CT molecular complexity index is 495. The summed E-state index contributed by atoms with van der Waals surface area (Å²) in [4.78, 5) is 8.50. The van der Waals surface area contributed by atoms with Gasteiger partial charge < -0.3 is 14.9 Å². The number of alkyl halides is 1. The molecular formula is C12H17FN4O3. The largest absolute Gasteiger partial charge is 0.394 e. The highest BCUT2D eigenvalue weighted by Gasteiger charge is 2.53. The quantitative estimate of drug-likeness (QED) is 0.704. The maximum atomic E-state index is 14.3. The van der Waals surface area contributed by atoms with Crippen LogP contribution in [0.1, 0.15) is 13.8 Å². The van der Waals surface area contributed by atoms with Crippen molar-refractivity contribution in [3.63, 3.8) is 0 Å². The number of fused-ring (bicyclic) bond motifs is 1. The zero-order valence-corrected chi connectivity index (χ0v) is 11.2. The van der Waals surface area contributed by atoms with E-state index in [-0.39, 0.29) is 6.04 Å². The van der Waals surface area contributed by atoms with Gasteiger partial charge in [0.25, 0.3) is 0 Å². The number of aliphatic hydroxyl groups is 2. The van der Waals surface area contributed by atoms with Gasteiger partial charge in [-0.1, -0.05) is 0 Å². The monoisotopic (exact) mass is 284 g/mol. The maximum absolute atomic E-state index is 14.3. The predicted octanol–water partition coefficient (Wildman–Crippen LogP) is -0.666. The van der Waals surface area contributed by atoms with Crippen molar-refractivity contribution in [2.24, 2.45) is 15.1 Å². The van der Waals surface area contributed by atoms with Crippen molar-refractivity contribution in [1.82, 2.24) is 5.01 Å². The van der Waals surface area contributed by atoms with E-state index in [0.29, 0.717) is 11.5 Å². The van der Waals surface area contributed by atoms with Crippen LogP contribution in [0, 0.1) is 0 Å². The van der Waals surface area contributed by atoms with E-state index in [1.807, 2.05) is 6.92 Å². The summed E-state index contributed by atoms with van der Waals surface area (Å²) < 4.78 is 19.7. The van der Waals surface area contributed by atoms with E-state index in [2.05, 4.69) is 15.1 Å². The first-order valence-corrected chi connectivity index (χ1v) is 6.57. The zero-order valence-electron chi connectivity index (χ0n) is 11.2. The summed E-state index contributed by atoms with van der Waals surface area (Å²) in [6, 6.07) is -0.689. The van der Waals surface area contributed by atoms with E-state index >= 15 is 0 Å². The molecular weight excluding hydrogens is 267 g/mol. The first kappa shape index (κ1) is 13.6. The molecule has 0 spiro atoms. The van der Waals surface area contributed by atoms with Crippen LogP contribution in [0.25, 0.3) is 0 Å². The highest BCUT2D eigenvalue weighted by Crippen LogP contribution is 2.33. The van der Waals surface area contributed by atoms with Gasteiger partial charge in [0, 0.05) is 0 Å². The van der Waals surface area contributed by atoms with Gasteiger partial charge in [0.05, 0.1) is 18.4 Å².